The molecule has 1 amide bonds. The van der Waals surface area contributed by atoms with Crippen LogP contribution in [-0.2, 0) is 7.05 Å². The van der Waals surface area contributed by atoms with Crippen molar-refractivity contribution in [1.82, 2.24) is 29.8 Å². The van der Waals surface area contributed by atoms with Crippen molar-refractivity contribution in [2.45, 2.75) is 6.42 Å². The van der Waals surface area contributed by atoms with Crippen molar-refractivity contribution in [2.75, 3.05) is 25.0 Å². The molecule has 4 aromatic rings. The van der Waals surface area contributed by atoms with E-state index in [0.29, 0.717) is 19.5 Å². The maximum Gasteiger partial charge on any atom is 0.351 e. The van der Waals surface area contributed by atoms with Crippen LogP contribution in [-0.4, -0.2) is 50.5 Å². The molecule has 0 unspecified atom stereocenters. The predicted molar refractivity (Wildman–Crippen MR) is 125 cm³/mol. The van der Waals surface area contributed by atoms with Gasteiger partial charge in [-0.3, -0.25) is 14.2 Å². The van der Waals surface area contributed by atoms with Crippen molar-refractivity contribution < 1.29 is 13.7 Å². The second kappa shape index (κ2) is 10.1. The highest BCUT2D eigenvalue weighted by atomic mass is 19.1. The van der Waals surface area contributed by atoms with Crippen LogP contribution >= 0.6 is 0 Å². The number of nitrogens with zero attached hydrogens (tertiary/aromatic N) is 6. The normalized spacial score (nSPS) is 10.8. The van der Waals surface area contributed by atoms with E-state index in [-0.39, 0.29) is 23.1 Å². The molecule has 11 nitrogen and oxygen atoms in total. The molecule has 1 N–H and O–H groups in total. The Morgan fingerprint density at radius 3 is 2.54 bits per heavy atom. The molecule has 12 heteroatoms. The predicted octanol–water partition coefficient (Wildman–Crippen LogP) is 1.38. The quantitative estimate of drug-likeness (QED) is 0.376. The maximum atomic E-state index is 13.3. The van der Waals surface area contributed by atoms with Gasteiger partial charge in [-0.2, -0.15) is 14.8 Å². The Hall–Kier alpha value is -4.61. The molecule has 0 atom stereocenters. The minimum Gasteiger partial charge on any atom is -0.375 e. The van der Waals surface area contributed by atoms with E-state index in [4.69, 9.17) is 4.52 Å². The molecule has 35 heavy (non-hydrogen) atoms. The molecule has 0 saturated heterocycles. The number of para-hydroxylation sites is 1. The molecule has 2 aromatic heterocycles. The van der Waals surface area contributed by atoms with Crippen LogP contribution in [0, 0.1) is 5.82 Å². The van der Waals surface area contributed by atoms with Gasteiger partial charge in [-0.15, -0.1) is 0 Å². The van der Waals surface area contributed by atoms with Gasteiger partial charge >= 0.3 is 17.5 Å². The number of rotatable bonds is 8. The highest BCUT2D eigenvalue weighted by molar-refractivity contribution is 5.89. The van der Waals surface area contributed by atoms with Crippen LogP contribution in [0.1, 0.15) is 17.1 Å². The van der Waals surface area contributed by atoms with Crippen LogP contribution in [0.15, 0.2) is 68.7 Å². The average molecular weight is 479 g/mol. The second-order valence-corrected chi connectivity index (χ2v) is 7.67. The van der Waals surface area contributed by atoms with Gasteiger partial charge in [0.05, 0.1) is 5.69 Å². The van der Waals surface area contributed by atoms with E-state index < -0.39 is 23.0 Å². The summed E-state index contributed by atoms with van der Waals surface area (Å²) >= 11 is 0. The first kappa shape index (κ1) is 23.5. The van der Waals surface area contributed by atoms with Crippen LogP contribution in [0.2, 0.25) is 0 Å². The molecule has 0 spiro atoms. The highest BCUT2D eigenvalue weighted by Crippen LogP contribution is 2.12. The van der Waals surface area contributed by atoms with Gasteiger partial charge in [0.1, 0.15) is 5.82 Å². The Balaban J connectivity index is 1.46. The summed E-state index contributed by atoms with van der Waals surface area (Å²) in [7, 11) is 3.22. The number of aromatic nitrogens is 5. The zero-order valence-corrected chi connectivity index (χ0v) is 19.0. The molecule has 0 saturated carbocycles. The van der Waals surface area contributed by atoms with E-state index in [1.165, 1.54) is 19.2 Å². The van der Waals surface area contributed by atoms with Crippen molar-refractivity contribution in [2.24, 2.45) is 7.05 Å². The van der Waals surface area contributed by atoms with Gasteiger partial charge in [-0.1, -0.05) is 23.4 Å². The maximum absolute atomic E-state index is 13.3. The summed E-state index contributed by atoms with van der Waals surface area (Å²) in [6.07, 6.45) is 0.670. The van der Waals surface area contributed by atoms with Gasteiger partial charge < -0.3 is 14.7 Å². The summed E-state index contributed by atoms with van der Waals surface area (Å²) < 4.78 is 20.0. The van der Waals surface area contributed by atoms with E-state index in [1.54, 1.807) is 0 Å². The minimum absolute atomic E-state index is 0.232. The van der Waals surface area contributed by atoms with Gasteiger partial charge in [-0.05, 0) is 42.8 Å². The molecule has 0 aliphatic rings. The average Bonchev–Trinajstić information content (AvgIpc) is 3.36. The Morgan fingerprint density at radius 2 is 1.83 bits per heavy atom. The SMILES string of the molecule is CN(CCCNC(=O)c1nc(-c2nn(-c3ccc(F)cc3)c(=O)n(C)c2=O)no1)c1ccccc1. The first-order chi connectivity index (χ1) is 16.8. The fourth-order valence-electron chi connectivity index (χ4n) is 3.28. The third kappa shape index (κ3) is 5.16. The summed E-state index contributed by atoms with van der Waals surface area (Å²) in [4.78, 5) is 43.5. The molecule has 180 valence electrons. The molecule has 2 heterocycles. The minimum atomic E-state index is -0.773. The molecule has 0 aliphatic carbocycles. The molecule has 0 fully saturated rings. The summed E-state index contributed by atoms with van der Waals surface area (Å²) in [6, 6.07) is 14.8. The van der Waals surface area contributed by atoms with Gasteiger partial charge in [0.2, 0.25) is 5.82 Å². The Bertz CT molecular complexity index is 1450. The van der Waals surface area contributed by atoms with Crippen molar-refractivity contribution in [3.05, 3.63) is 87.1 Å². The Kier molecular flexibility index (Phi) is 6.81. The van der Waals surface area contributed by atoms with Crippen LogP contribution in [0.5, 0.6) is 0 Å². The third-order valence-electron chi connectivity index (χ3n) is 5.23. The van der Waals surface area contributed by atoms with Crippen LogP contribution in [0.4, 0.5) is 10.1 Å². The van der Waals surface area contributed by atoms with E-state index in [1.807, 2.05) is 37.4 Å². The van der Waals surface area contributed by atoms with Gasteiger partial charge in [0.15, 0.2) is 5.69 Å². The first-order valence-electron chi connectivity index (χ1n) is 10.7. The zero-order chi connectivity index (χ0) is 24.9. The van der Waals surface area contributed by atoms with Crippen molar-refractivity contribution in [1.29, 1.82) is 0 Å². The number of carbonyl (C=O) groups excluding carboxylic acids is 1. The number of anilines is 1. The topological polar surface area (TPSA) is 128 Å². The molecule has 0 bridgehead atoms. The summed E-state index contributed by atoms with van der Waals surface area (Å²) in [5.74, 6) is -1.70. The van der Waals surface area contributed by atoms with Crippen LogP contribution in [0.3, 0.4) is 0 Å². The number of hydrogen-bond donors (Lipinski definition) is 1. The molecular formula is C23H22FN7O4. The number of nitrogens with one attached hydrogen (secondary N) is 1. The summed E-state index contributed by atoms with van der Waals surface area (Å²) in [5, 5.41) is 10.4. The lowest BCUT2D eigenvalue weighted by atomic mass is 10.3. The van der Waals surface area contributed by atoms with Crippen molar-refractivity contribution in [3.8, 4) is 17.2 Å². The van der Waals surface area contributed by atoms with E-state index >= 15 is 0 Å². The Labute approximate surface area is 198 Å². The third-order valence-corrected chi connectivity index (χ3v) is 5.23. The number of hydrogen-bond acceptors (Lipinski definition) is 8. The van der Waals surface area contributed by atoms with Gasteiger partial charge in [-0.25, -0.2) is 9.18 Å². The van der Waals surface area contributed by atoms with Crippen molar-refractivity contribution in [3.63, 3.8) is 0 Å². The highest BCUT2D eigenvalue weighted by Gasteiger charge is 2.21. The second-order valence-electron chi connectivity index (χ2n) is 7.67. The number of halogens is 1. The molecule has 4 rings (SSSR count). The number of benzene rings is 2. The molecular weight excluding hydrogens is 457 g/mol. The van der Waals surface area contributed by atoms with Crippen molar-refractivity contribution >= 4 is 11.6 Å². The first-order valence-corrected chi connectivity index (χ1v) is 10.7. The fraction of sp³-hybridized carbons (Fsp3) is 0.217. The molecule has 0 radical (unpaired) electrons. The van der Waals surface area contributed by atoms with Crippen LogP contribution < -0.4 is 21.5 Å². The largest absolute Gasteiger partial charge is 0.375 e. The number of carbonyl (C=O) groups is 1. The zero-order valence-electron chi connectivity index (χ0n) is 19.0. The molecule has 2 aromatic carbocycles. The molecule has 0 aliphatic heterocycles. The number of amides is 1. The van der Waals surface area contributed by atoms with Gasteiger partial charge in [0.25, 0.3) is 5.56 Å². The standard InChI is InChI=1S/C23H22FN7O4/c1-29(16-7-4-3-5-8-16)14-6-13-25-20(32)21-26-19(28-35-21)18-22(33)30(2)23(34)31(27-18)17-11-9-15(24)10-12-17/h3-5,7-12H,6,13-14H2,1-2H3,(H,25,32). The van der Waals surface area contributed by atoms with Crippen LogP contribution in [0.25, 0.3) is 17.2 Å². The monoisotopic (exact) mass is 479 g/mol. The van der Waals surface area contributed by atoms with E-state index in [9.17, 15) is 18.8 Å². The Morgan fingerprint density at radius 1 is 1.11 bits per heavy atom. The van der Waals surface area contributed by atoms with Gasteiger partial charge in [0, 0.05) is 32.9 Å². The summed E-state index contributed by atoms with van der Waals surface area (Å²) in [6.45, 7) is 1.08. The van der Waals surface area contributed by atoms with E-state index in [0.717, 1.165) is 27.1 Å². The summed E-state index contributed by atoms with van der Waals surface area (Å²) in [5.41, 5.74) is -0.521. The smallest absolute Gasteiger partial charge is 0.351 e. The lowest BCUT2D eigenvalue weighted by Crippen LogP contribution is -2.40. The lowest BCUT2D eigenvalue weighted by molar-refractivity contribution is 0.0909. The fourth-order valence-corrected chi connectivity index (χ4v) is 3.28. The lowest BCUT2D eigenvalue weighted by Gasteiger charge is -2.18. The van der Waals surface area contributed by atoms with E-state index in [2.05, 4.69) is 25.5 Å².